The van der Waals surface area contributed by atoms with E-state index in [1.54, 1.807) is 4.31 Å². The van der Waals surface area contributed by atoms with Crippen LogP contribution in [-0.2, 0) is 14.8 Å². The van der Waals surface area contributed by atoms with Crippen LogP contribution in [0.5, 0.6) is 0 Å². The van der Waals surface area contributed by atoms with Crippen molar-refractivity contribution in [2.75, 3.05) is 25.4 Å². The molecule has 2 N–H and O–H groups in total. The maximum absolute atomic E-state index is 12.1. The van der Waals surface area contributed by atoms with Crippen molar-refractivity contribution in [3.05, 3.63) is 0 Å². The van der Waals surface area contributed by atoms with Crippen LogP contribution in [0.1, 0.15) is 33.1 Å². The van der Waals surface area contributed by atoms with Gasteiger partial charge in [-0.15, -0.1) is 0 Å². The van der Waals surface area contributed by atoms with Gasteiger partial charge in [0.25, 0.3) is 0 Å². The summed E-state index contributed by atoms with van der Waals surface area (Å²) in [7, 11) is -3.17. The van der Waals surface area contributed by atoms with Gasteiger partial charge in [0, 0.05) is 12.6 Å². The summed E-state index contributed by atoms with van der Waals surface area (Å²) in [6.45, 7) is 5.15. The molecule has 0 spiro atoms. The molecule has 0 unspecified atom stereocenters. The topological polar surface area (TPSA) is 72.6 Å². The fraction of sp³-hybridized carbons (Fsp3) is 1.00. The molecular formula is C11H24N2O3S. The highest BCUT2D eigenvalue weighted by Crippen LogP contribution is 2.29. The minimum absolute atomic E-state index is 0.0728. The molecule has 1 aliphatic carbocycles. The molecule has 0 heterocycles. The largest absolute Gasteiger partial charge is 0.378 e. The van der Waals surface area contributed by atoms with E-state index in [0.29, 0.717) is 13.1 Å². The number of ether oxygens (including phenoxy) is 1. The van der Waals surface area contributed by atoms with Crippen LogP contribution in [0.3, 0.4) is 0 Å². The van der Waals surface area contributed by atoms with E-state index in [9.17, 15) is 8.42 Å². The van der Waals surface area contributed by atoms with E-state index in [1.807, 2.05) is 13.8 Å². The summed E-state index contributed by atoms with van der Waals surface area (Å²) in [4.78, 5) is 0. The van der Waals surface area contributed by atoms with Crippen LogP contribution in [0.4, 0.5) is 0 Å². The molecular weight excluding hydrogens is 240 g/mol. The van der Waals surface area contributed by atoms with Crippen LogP contribution < -0.4 is 5.73 Å². The first-order valence-electron chi connectivity index (χ1n) is 6.28. The van der Waals surface area contributed by atoms with Crippen molar-refractivity contribution < 1.29 is 13.2 Å². The lowest BCUT2D eigenvalue weighted by atomic mass is 10.4. The third-order valence-corrected chi connectivity index (χ3v) is 4.56. The molecule has 5 nitrogen and oxygen atoms in total. The van der Waals surface area contributed by atoms with E-state index in [0.717, 1.165) is 19.3 Å². The van der Waals surface area contributed by atoms with Gasteiger partial charge in [0.05, 0.1) is 18.5 Å². The van der Waals surface area contributed by atoms with E-state index in [1.165, 1.54) is 0 Å². The first-order chi connectivity index (χ1) is 7.97. The van der Waals surface area contributed by atoms with E-state index >= 15 is 0 Å². The minimum Gasteiger partial charge on any atom is -0.378 e. The molecule has 0 bridgehead atoms. The molecule has 0 aromatic carbocycles. The lowest BCUT2D eigenvalue weighted by Crippen LogP contribution is -2.37. The van der Waals surface area contributed by atoms with Crippen LogP contribution in [0, 0.1) is 0 Å². The van der Waals surface area contributed by atoms with Crippen LogP contribution in [-0.4, -0.2) is 50.3 Å². The van der Waals surface area contributed by atoms with Crippen LogP contribution in [0.25, 0.3) is 0 Å². The second-order valence-electron chi connectivity index (χ2n) is 4.72. The average Bonchev–Trinajstić information content (AvgIpc) is 3.01. The fourth-order valence-electron chi connectivity index (χ4n) is 1.66. The maximum Gasteiger partial charge on any atom is 0.216 e. The molecule has 0 atom stereocenters. The third kappa shape index (κ3) is 5.33. The molecule has 0 aliphatic heterocycles. The highest BCUT2D eigenvalue weighted by atomic mass is 32.2. The Balaban J connectivity index is 2.46. The monoisotopic (exact) mass is 264 g/mol. The molecule has 0 saturated heterocycles. The predicted octanol–water partition coefficient (Wildman–Crippen LogP) is 0.554. The van der Waals surface area contributed by atoms with Gasteiger partial charge >= 0.3 is 0 Å². The van der Waals surface area contributed by atoms with Gasteiger partial charge in [-0.1, -0.05) is 0 Å². The van der Waals surface area contributed by atoms with Gasteiger partial charge in [-0.3, -0.25) is 0 Å². The van der Waals surface area contributed by atoms with Crippen molar-refractivity contribution in [3.63, 3.8) is 0 Å². The third-order valence-electron chi connectivity index (χ3n) is 2.69. The van der Waals surface area contributed by atoms with Crippen LogP contribution >= 0.6 is 0 Å². The second kappa shape index (κ2) is 6.68. The second-order valence-corrected chi connectivity index (χ2v) is 6.76. The van der Waals surface area contributed by atoms with Gasteiger partial charge in [0.2, 0.25) is 10.0 Å². The molecule has 0 aromatic rings. The Bertz CT molecular complexity index is 313. The summed E-state index contributed by atoms with van der Waals surface area (Å²) < 4.78 is 31.1. The standard InChI is InChI=1S/C11H24N2O3S/c1-10(2)16-8-9-17(14,15)13(7-3-6-12)11-4-5-11/h10-11H,3-9,12H2,1-2H3. The summed E-state index contributed by atoms with van der Waals surface area (Å²) in [6.07, 6.45) is 2.76. The Morgan fingerprint density at radius 2 is 2.06 bits per heavy atom. The maximum atomic E-state index is 12.1. The number of hydrogen-bond donors (Lipinski definition) is 1. The van der Waals surface area contributed by atoms with E-state index in [2.05, 4.69) is 0 Å². The zero-order valence-electron chi connectivity index (χ0n) is 10.8. The fourth-order valence-corrected chi connectivity index (χ4v) is 3.28. The number of hydrogen-bond acceptors (Lipinski definition) is 4. The summed E-state index contributed by atoms with van der Waals surface area (Å²) in [6, 6.07) is 0.214. The Morgan fingerprint density at radius 1 is 1.41 bits per heavy atom. The predicted molar refractivity (Wildman–Crippen MR) is 68.3 cm³/mol. The number of rotatable bonds is 9. The molecule has 1 fully saturated rings. The molecule has 17 heavy (non-hydrogen) atoms. The van der Waals surface area contributed by atoms with Crippen molar-refractivity contribution in [2.24, 2.45) is 5.73 Å². The van der Waals surface area contributed by atoms with E-state index < -0.39 is 10.0 Å². The molecule has 6 heteroatoms. The van der Waals surface area contributed by atoms with Crippen molar-refractivity contribution in [1.82, 2.24) is 4.31 Å². The van der Waals surface area contributed by atoms with Gasteiger partial charge < -0.3 is 10.5 Å². The molecule has 1 rings (SSSR count). The first-order valence-corrected chi connectivity index (χ1v) is 7.89. The van der Waals surface area contributed by atoms with Crippen molar-refractivity contribution in [1.29, 1.82) is 0 Å². The lowest BCUT2D eigenvalue weighted by Gasteiger charge is -2.21. The molecule has 1 aliphatic rings. The van der Waals surface area contributed by atoms with Gasteiger partial charge in [-0.05, 0) is 39.7 Å². The zero-order valence-corrected chi connectivity index (χ0v) is 11.6. The van der Waals surface area contributed by atoms with Crippen molar-refractivity contribution >= 4 is 10.0 Å². The molecule has 0 radical (unpaired) electrons. The van der Waals surface area contributed by atoms with Gasteiger partial charge in [-0.25, -0.2) is 8.42 Å². The smallest absolute Gasteiger partial charge is 0.216 e. The summed E-state index contributed by atoms with van der Waals surface area (Å²) in [5.41, 5.74) is 5.43. The van der Waals surface area contributed by atoms with E-state index in [4.69, 9.17) is 10.5 Å². The van der Waals surface area contributed by atoms with Crippen LogP contribution in [0.15, 0.2) is 0 Å². The molecule has 1 saturated carbocycles. The minimum atomic E-state index is -3.17. The molecule has 0 amide bonds. The SMILES string of the molecule is CC(C)OCCS(=O)(=O)N(CCCN)C1CC1. The number of nitrogens with two attached hydrogens (primary N) is 1. The summed E-state index contributed by atoms with van der Waals surface area (Å²) in [5, 5.41) is 0. The van der Waals surface area contributed by atoms with Crippen molar-refractivity contribution in [2.45, 2.75) is 45.3 Å². The quantitative estimate of drug-likeness (QED) is 0.660. The Morgan fingerprint density at radius 3 is 2.53 bits per heavy atom. The summed E-state index contributed by atoms with van der Waals surface area (Å²) >= 11 is 0. The van der Waals surface area contributed by atoms with Gasteiger partial charge in [0.15, 0.2) is 0 Å². The first kappa shape index (κ1) is 14.9. The summed E-state index contributed by atoms with van der Waals surface area (Å²) in [5.74, 6) is 0.0756. The molecule has 0 aromatic heterocycles. The average molecular weight is 264 g/mol. The lowest BCUT2D eigenvalue weighted by molar-refractivity contribution is 0.0906. The Kier molecular flexibility index (Phi) is 5.85. The van der Waals surface area contributed by atoms with Crippen LogP contribution in [0.2, 0.25) is 0 Å². The Hall–Kier alpha value is -0.170. The Labute approximate surface area is 104 Å². The normalized spacial score (nSPS) is 17.0. The number of sulfonamides is 1. The highest BCUT2D eigenvalue weighted by Gasteiger charge is 2.36. The number of nitrogens with zero attached hydrogens (tertiary/aromatic N) is 1. The zero-order chi connectivity index (χ0) is 12.9. The highest BCUT2D eigenvalue weighted by molar-refractivity contribution is 7.89. The molecule has 102 valence electrons. The van der Waals surface area contributed by atoms with Crippen molar-refractivity contribution in [3.8, 4) is 0 Å². The van der Waals surface area contributed by atoms with E-state index in [-0.39, 0.29) is 24.5 Å². The van der Waals surface area contributed by atoms with Gasteiger partial charge in [-0.2, -0.15) is 4.31 Å². The van der Waals surface area contributed by atoms with Gasteiger partial charge in [0.1, 0.15) is 0 Å².